The summed E-state index contributed by atoms with van der Waals surface area (Å²) in [6, 6.07) is 13.0. The molecular weight excluding hydrogens is 346 g/mol. The number of unbranched alkanes of at least 4 members (excludes halogenated alkanes) is 6. The molecule has 0 radical (unpaired) electrons. The Labute approximate surface area is 161 Å². The van der Waals surface area contributed by atoms with Crippen LogP contribution in [0.15, 0.2) is 47.6 Å². The second-order valence-corrected chi connectivity index (χ2v) is 7.07. The molecule has 0 aromatic heterocycles. The van der Waals surface area contributed by atoms with Gasteiger partial charge in [-0.25, -0.2) is 0 Å². The molecule has 0 aliphatic rings. The number of hydrogen-bond acceptors (Lipinski definition) is 3. The topological polar surface area (TPSA) is 52.8 Å². The summed E-state index contributed by atoms with van der Waals surface area (Å²) in [5, 5.41) is 23.5. The standard InChI is InChI=1S/C22H28ClNO2/c1-2-3-4-5-6-7-9-12-17-15-19(22(25)20(23)16-17)21(24-26)18-13-10-8-11-14-18/h8,10-11,13-16,25-26H,2-7,9,12H2,1H3/b24-21-. The molecule has 0 amide bonds. The van der Waals surface area contributed by atoms with Crippen LogP contribution in [0, 0.1) is 0 Å². The minimum atomic E-state index is -0.0494. The fraction of sp³-hybridized carbons (Fsp3) is 0.409. The van der Waals surface area contributed by atoms with Crippen molar-refractivity contribution in [2.24, 2.45) is 5.16 Å². The van der Waals surface area contributed by atoms with E-state index in [-0.39, 0.29) is 10.8 Å². The van der Waals surface area contributed by atoms with Gasteiger partial charge in [-0.3, -0.25) is 0 Å². The zero-order valence-corrected chi connectivity index (χ0v) is 16.2. The Hall–Kier alpha value is -2.00. The lowest BCUT2D eigenvalue weighted by atomic mass is 9.97. The maximum atomic E-state index is 10.4. The highest BCUT2D eigenvalue weighted by Crippen LogP contribution is 2.32. The molecule has 0 bridgehead atoms. The third kappa shape index (κ3) is 5.77. The lowest BCUT2D eigenvalue weighted by Gasteiger charge is -2.12. The van der Waals surface area contributed by atoms with Crippen LogP contribution in [0.25, 0.3) is 0 Å². The summed E-state index contributed by atoms with van der Waals surface area (Å²) >= 11 is 6.22. The van der Waals surface area contributed by atoms with Gasteiger partial charge in [0.2, 0.25) is 0 Å². The number of halogens is 1. The number of hydrogen-bond donors (Lipinski definition) is 2. The van der Waals surface area contributed by atoms with Crippen LogP contribution < -0.4 is 0 Å². The van der Waals surface area contributed by atoms with Gasteiger partial charge in [-0.05, 0) is 30.5 Å². The number of oxime groups is 1. The molecule has 0 aliphatic carbocycles. The zero-order valence-electron chi connectivity index (χ0n) is 15.4. The van der Waals surface area contributed by atoms with E-state index >= 15 is 0 Å². The summed E-state index contributed by atoms with van der Waals surface area (Å²) in [7, 11) is 0. The molecule has 0 saturated heterocycles. The lowest BCUT2D eigenvalue weighted by Crippen LogP contribution is -2.05. The molecule has 2 aromatic carbocycles. The summed E-state index contributed by atoms with van der Waals surface area (Å²) in [5.74, 6) is -0.0494. The molecule has 0 heterocycles. The number of aromatic hydroxyl groups is 1. The summed E-state index contributed by atoms with van der Waals surface area (Å²) < 4.78 is 0. The third-order valence-corrected chi connectivity index (χ3v) is 4.88. The Morgan fingerprint density at radius 3 is 2.27 bits per heavy atom. The van der Waals surface area contributed by atoms with Gasteiger partial charge >= 0.3 is 0 Å². The van der Waals surface area contributed by atoms with E-state index in [9.17, 15) is 10.3 Å². The van der Waals surface area contributed by atoms with Gasteiger partial charge in [-0.2, -0.15) is 0 Å². The Kier molecular flexibility index (Phi) is 8.49. The Morgan fingerprint density at radius 1 is 0.962 bits per heavy atom. The molecule has 2 N–H and O–H groups in total. The van der Waals surface area contributed by atoms with Gasteiger partial charge in [0.15, 0.2) is 0 Å². The molecule has 0 unspecified atom stereocenters. The molecule has 0 fully saturated rings. The Balaban J connectivity index is 2.06. The fourth-order valence-corrected chi connectivity index (χ4v) is 3.37. The second-order valence-electron chi connectivity index (χ2n) is 6.66. The van der Waals surface area contributed by atoms with Crippen LogP contribution in [0.1, 0.15) is 68.6 Å². The molecule has 0 spiro atoms. The summed E-state index contributed by atoms with van der Waals surface area (Å²) in [6.45, 7) is 2.23. The zero-order chi connectivity index (χ0) is 18.8. The SMILES string of the molecule is CCCCCCCCCc1cc(Cl)c(O)c(/C(=N\O)c2ccccc2)c1. The number of benzene rings is 2. The van der Waals surface area contributed by atoms with Crippen LogP contribution in [-0.2, 0) is 6.42 Å². The number of rotatable bonds is 10. The van der Waals surface area contributed by atoms with Crippen molar-refractivity contribution in [3.8, 4) is 5.75 Å². The molecule has 140 valence electrons. The number of phenols is 1. The molecule has 2 rings (SSSR count). The second kappa shape index (κ2) is 10.9. The van der Waals surface area contributed by atoms with E-state index in [0.717, 1.165) is 24.0 Å². The van der Waals surface area contributed by atoms with Gasteiger partial charge in [0, 0.05) is 11.1 Å². The van der Waals surface area contributed by atoms with Crippen molar-refractivity contribution < 1.29 is 10.3 Å². The van der Waals surface area contributed by atoms with Crippen molar-refractivity contribution in [3.63, 3.8) is 0 Å². The van der Waals surface area contributed by atoms with Gasteiger partial charge in [0.1, 0.15) is 11.5 Å². The molecule has 0 saturated carbocycles. The van der Waals surface area contributed by atoms with E-state index in [1.54, 1.807) is 6.07 Å². The van der Waals surface area contributed by atoms with Gasteiger partial charge in [-0.1, -0.05) is 92.5 Å². The van der Waals surface area contributed by atoms with Crippen LogP contribution in [0.4, 0.5) is 0 Å². The molecule has 0 atom stereocenters. The first-order chi connectivity index (χ1) is 12.7. The fourth-order valence-electron chi connectivity index (χ4n) is 3.13. The quantitative estimate of drug-likeness (QED) is 0.214. The van der Waals surface area contributed by atoms with Crippen molar-refractivity contribution in [1.82, 2.24) is 0 Å². The van der Waals surface area contributed by atoms with Crippen LogP contribution >= 0.6 is 11.6 Å². The van der Waals surface area contributed by atoms with E-state index in [2.05, 4.69) is 12.1 Å². The number of nitrogens with zero attached hydrogens (tertiary/aromatic N) is 1. The predicted molar refractivity (Wildman–Crippen MR) is 109 cm³/mol. The van der Waals surface area contributed by atoms with Crippen LogP contribution in [-0.4, -0.2) is 16.0 Å². The number of phenolic OH excluding ortho intramolecular Hbond substituents is 1. The maximum absolute atomic E-state index is 10.4. The number of aryl methyl sites for hydroxylation is 1. The first-order valence-electron chi connectivity index (χ1n) is 9.46. The highest BCUT2D eigenvalue weighted by Gasteiger charge is 2.16. The van der Waals surface area contributed by atoms with E-state index in [0.29, 0.717) is 11.3 Å². The smallest absolute Gasteiger partial charge is 0.143 e. The minimum absolute atomic E-state index is 0.0494. The van der Waals surface area contributed by atoms with Crippen LogP contribution in [0.2, 0.25) is 5.02 Å². The van der Waals surface area contributed by atoms with Crippen molar-refractivity contribution in [2.45, 2.75) is 58.3 Å². The molecule has 4 heteroatoms. The first kappa shape index (κ1) is 20.3. The minimum Gasteiger partial charge on any atom is -0.506 e. The average molecular weight is 374 g/mol. The molecule has 26 heavy (non-hydrogen) atoms. The average Bonchev–Trinajstić information content (AvgIpc) is 2.66. The van der Waals surface area contributed by atoms with Crippen LogP contribution in [0.5, 0.6) is 5.75 Å². The van der Waals surface area contributed by atoms with E-state index in [1.165, 1.54) is 38.5 Å². The van der Waals surface area contributed by atoms with Gasteiger partial charge in [0.05, 0.1) is 5.02 Å². The van der Waals surface area contributed by atoms with Crippen molar-refractivity contribution >= 4 is 17.3 Å². The van der Waals surface area contributed by atoms with Crippen molar-refractivity contribution in [3.05, 3.63) is 64.2 Å². The summed E-state index contributed by atoms with van der Waals surface area (Å²) in [5.41, 5.74) is 2.57. The molecular formula is C22H28ClNO2. The summed E-state index contributed by atoms with van der Waals surface area (Å²) in [4.78, 5) is 0. The van der Waals surface area contributed by atoms with Crippen molar-refractivity contribution in [2.75, 3.05) is 0 Å². The van der Waals surface area contributed by atoms with Crippen molar-refractivity contribution in [1.29, 1.82) is 0 Å². The van der Waals surface area contributed by atoms with E-state index < -0.39 is 0 Å². The monoisotopic (exact) mass is 373 g/mol. The first-order valence-corrected chi connectivity index (χ1v) is 9.84. The maximum Gasteiger partial charge on any atom is 0.143 e. The molecule has 3 nitrogen and oxygen atoms in total. The Bertz CT molecular complexity index is 714. The normalized spacial score (nSPS) is 11.7. The summed E-state index contributed by atoms with van der Waals surface area (Å²) in [6.07, 6.45) is 9.63. The highest BCUT2D eigenvalue weighted by molar-refractivity contribution is 6.33. The molecule has 2 aromatic rings. The highest BCUT2D eigenvalue weighted by atomic mass is 35.5. The van der Waals surface area contributed by atoms with Gasteiger partial charge in [-0.15, -0.1) is 0 Å². The van der Waals surface area contributed by atoms with Gasteiger partial charge in [0.25, 0.3) is 0 Å². The largest absolute Gasteiger partial charge is 0.506 e. The van der Waals surface area contributed by atoms with E-state index in [4.69, 9.17) is 11.6 Å². The molecule has 0 aliphatic heterocycles. The third-order valence-electron chi connectivity index (χ3n) is 4.59. The van der Waals surface area contributed by atoms with Crippen LogP contribution in [0.3, 0.4) is 0 Å². The predicted octanol–water partition coefficient (Wildman–Crippen LogP) is 6.57. The Morgan fingerprint density at radius 2 is 1.62 bits per heavy atom. The lowest BCUT2D eigenvalue weighted by molar-refractivity contribution is 0.319. The van der Waals surface area contributed by atoms with E-state index in [1.807, 2.05) is 36.4 Å². The van der Waals surface area contributed by atoms with Gasteiger partial charge < -0.3 is 10.3 Å².